The zero-order valence-corrected chi connectivity index (χ0v) is 20.6. The quantitative estimate of drug-likeness (QED) is 0.432. The lowest BCUT2D eigenvalue weighted by Crippen LogP contribution is -2.19. The lowest BCUT2D eigenvalue weighted by Gasteiger charge is -2.21. The van der Waals surface area contributed by atoms with Crippen LogP contribution in [0.1, 0.15) is 97.0 Å². The Morgan fingerprint density at radius 2 is 1.45 bits per heavy atom. The molecule has 2 saturated carbocycles. The van der Waals surface area contributed by atoms with Crippen molar-refractivity contribution in [3.05, 3.63) is 29.8 Å². The van der Waals surface area contributed by atoms with Crippen LogP contribution in [-0.4, -0.2) is 11.8 Å². The highest BCUT2D eigenvalue weighted by molar-refractivity contribution is 7.77. The summed E-state index contributed by atoms with van der Waals surface area (Å²) in [6.45, 7) is 6.60. The van der Waals surface area contributed by atoms with Gasteiger partial charge in [-0.15, -0.1) is 12.8 Å². The summed E-state index contributed by atoms with van der Waals surface area (Å²) in [6.07, 6.45) is 12.8. The third-order valence-electron chi connectivity index (χ3n) is 6.30. The fourth-order valence-electron chi connectivity index (χ4n) is 4.30. The van der Waals surface area contributed by atoms with Crippen molar-refractivity contribution in [3.8, 4) is 0 Å². The van der Waals surface area contributed by atoms with Crippen LogP contribution in [0.4, 0.5) is 5.69 Å². The topological polar surface area (TPSA) is 98.2 Å². The molecule has 2 aliphatic rings. The van der Waals surface area contributed by atoms with Crippen LogP contribution >= 0.6 is 12.8 Å². The van der Waals surface area contributed by atoms with Crippen molar-refractivity contribution in [3.63, 3.8) is 0 Å². The molecule has 176 valence electrons. The van der Waals surface area contributed by atoms with Crippen LogP contribution in [0.25, 0.3) is 0 Å². The fraction of sp³-hybridized carbons (Fsp3) is 0.680. The third-order valence-corrected chi connectivity index (χ3v) is 6.30. The number of carbonyl (C=O) groups excluding carboxylic acids is 2. The van der Waals surface area contributed by atoms with Crippen LogP contribution in [0, 0.1) is 11.8 Å². The Hall–Kier alpha value is -1.53. The first-order valence-corrected chi connectivity index (χ1v) is 12.2. The van der Waals surface area contributed by atoms with Crippen LogP contribution in [0.5, 0.6) is 0 Å². The summed E-state index contributed by atoms with van der Waals surface area (Å²) >= 11 is 3.03. The maximum Gasteiger partial charge on any atom is 0.224 e. The Labute approximate surface area is 194 Å². The number of primary amides is 1. The van der Waals surface area contributed by atoms with E-state index in [0.29, 0.717) is 6.42 Å². The van der Waals surface area contributed by atoms with Crippen molar-refractivity contribution in [1.29, 1.82) is 0 Å². The van der Waals surface area contributed by atoms with Gasteiger partial charge in [0.2, 0.25) is 11.8 Å². The second kappa shape index (κ2) is 14.5. The van der Waals surface area contributed by atoms with Gasteiger partial charge >= 0.3 is 0 Å². The standard InChI is InChI=1S/C19H29NO.C6H11NO.H3NS/c1-19(2,3)16-10-12-17(13-11-16)20-18(21)14-9-15-7-5-4-6-8-15;7-6(8)5-3-1-2-4-5;1-2/h10-13,15H,4-9,14H2,1-3H3,(H,20,21);5H,1-4H2,(H2,7,8);2H,1H2. The lowest BCUT2D eigenvalue weighted by molar-refractivity contribution is -0.121. The summed E-state index contributed by atoms with van der Waals surface area (Å²) in [5.41, 5.74) is 7.42. The SMILES string of the molecule is CC(C)(C)c1ccc(NC(=O)CCC2CCCCC2)cc1.NC(=O)C1CCCC1.NS. The number of thiol groups is 1. The second-order valence-electron chi connectivity index (χ2n) is 9.80. The molecule has 5 nitrogen and oxygen atoms in total. The summed E-state index contributed by atoms with van der Waals surface area (Å²) in [7, 11) is 0. The number of carbonyl (C=O) groups is 2. The van der Waals surface area contributed by atoms with E-state index in [1.165, 1.54) is 50.5 Å². The van der Waals surface area contributed by atoms with Crippen molar-refractivity contribution in [1.82, 2.24) is 0 Å². The van der Waals surface area contributed by atoms with E-state index >= 15 is 0 Å². The van der Waals surface area contributed by atoms with E-state index in [1.807, 2.05) is 12.1 Å². The number of nitrogens with one attached hydrogen (secondary N) is 1. The zero-order chi connectivity index (χ0) is 23.3. The number of hydrogen-bond donors (Lipinski definition) is 4. The van der Waals surface area contributed by atoms with Crippen LogP contribution < -0.4 is 16.2 Å². The Bertz CT molecular complexity index is 644. The molecule has 0 unspecified atom stereocenters. The number of hydrogen-bond acceptors (Lipinski definition) is 4. The van der Waals surface area contributed by atoms with Gasteiger partial charge in [-0.2, -0.15) is 0 Å². The molecular formula is C25H43N3O2S. The number of nitrogens with two attached hydrogens (primary N) is 2. The molecule has 1 aromatic rings. The van der Waals surface area contributed by atoms with Gasteiger partial charge in [-0.05, 0) is 48.3 Å². The Balaban J connectivity index is 0.000000400. The minimum Gasteiger partial charge on any atom is -0.369 e. The summed E-state index contributed by atoms with van der Waals surface area (Å²) in [4.78, 5) is 22.4. The molecule has 0 aromatic heterocycles. The Kier molecular flexibility index (Phi) is 12.9. The molecule has 0 spiro atoms. The van der Waals surface area contributed by atoms with Crippen molar-refractivity contribution >= 4 is 30.3 Å². The summed E-state index contributed by atoms with van der Waals surface area (Å²) < 4.78 is 0. The number of rotatable bonds is 5. The van der Waals surface area contributed by atoms with Gasteiger partial charge in [0.25, 0.3) is 0 Å². The highest BCUT2D eigenvalue weighted by Gasteiger charge is 2.19. The molecule has 0 bridgehead atoms. The molecule has 0 radical (unpaired) electrons. The van der Waals surface area contributed by atoms with Crippen molar-refractivity contribution < 1.29 is 9.59 Å². The minimum atomic E-state index is -0.109. The van der Waals surface area contributed by atoms with Gasteiger partial charge in [0.1, 0.15) is 0 Å². The monoisotopic (exact) mass is 449 g/mol. The molecule has 0 aliphatic heterocycles. The smallest absolute Gasteiger partial charge is 0.224 e. The largest absolute Gasteiger partial charge is 0.369 e. The highest BCUT2D eigenvalue weighted by atomic mass is 32.1. The van der Waals surface area contributed by atoms with Gasteiger partial charge in [0, 0.05) is 18.0 Å². The van der Waals surface area contributed by atoms with Gasteiger partial charge in [0.15, 0.2) is 0 Å². The molecule has 2 fully saturated rings. The molecule has 3 rings (SSSR count). The average molecular weight is 450 g/mol. The zero-order valence-electron chi connectivity index (χ0n) is 19.7. The number of anilines is 1. The summed E-state index contributed by atoms with van der Waals surface area (Å²) in [5, 5.41) is 7.22. The molecule has 5 N–H and O–H groups in total. The maximum absolute atomic E-state index is 12.0. The average Bonchev–Trinajstić information content (AvgIpc) is 3.30. The van der Waals surface area contributed by atoms with E-state index in [-0.39, 0.29) is 23.1 Å². The van der Waals surface area contributed by atoms with E-state index in [0.717, 1.165) is 30.9 Å². The molecule has 31 heavy (non-hydrogen) atoms. The molecule has 6 heteroatoms. The van der Waals surface area contributed by atoms with E-state index in [2.05, 4.69) is 56.2 Å². The molecule has 2 aliphatic carbocycles. The van der Waals surface area contributed by atoms with Crippen molar-refractivity contribution in [2.75, 3.05) is 5.32 Å². The van der Waals surface area contributed by atoms with Gasteiger partial charge in [-0.25, -0.2) is 0 Å². The first-order chi connectivity index (χ1) is 14.8. The van der Waals surface area contributed by atoms with Crippen LogP contribution in [-0.2, 0) is 15.0 Å². The fourth-order valence-corrected chi connectivity index (χ4v) is 4.30. The van der Waals surface area contributed by atoms with Crippen molar-refractivity contribution in [2.24, 2.45) is 22.7 Å². The van der Waals surface area contributed by atoms with Crippen molar-refractivity contribution in [2.45, 2.75) is 96.8 Å². The van der Waals surface area contributed by atoms with Crippen LogP contribution in [0.15, 0.2) is 24.3 Å². The second-order valence-corrected chi connectivity index (χ2v) is 9.80. The van der Waals surface area contributed by atoms with E-state index < -0.39 is 0 Å². The number of amides is 2. The van der Waals surface area contributed by atoms with E-state index in [1.54, 1.807) is 0 Å². The summed E-state index contributed by atoms with van der Waals surface area (Å²) in [5.74, 6) is 1.02. The Morgan fingerprint density at radius 1 is 0.935 bits per heavy atom. The predicted molar refractivity (Wildman–Crippen MR) is 134 cm³/mol. The van der Waals surface area contributed by atoms with Gasteiger partial charge in [-0.1, -0.05) is 77.8 Å². The van der Waals surface area contributed by atoms with Gasteiger partial charge in [-0.3, -0.25) is 14.7 Å². The molecule has 2 amide bonds. The van der Waals surface area contributed by atoms with E-state index in [9.17, 15) is 9.59 Å². The third kappa shape index (κ3) is 11.1. The first kappa shape index (κ1) is 27.5. The molecule has 1 aromatic carbocycles. The molecule has 0 atom stereocenters. The normalized spacial score (nSPS) is 17.1. The molecule has 0 saturated heterocycles. The highest BCUT2D eigenvalue weighted by Crippen LogP contribution is 2.28. The van der Waals surface area contributed by atoms with Gasteiger partial charge in [0.05, 0.1) is 0 Å². The molecular weight excluding hydrogens is 406 g/mol. The number of benzene rings is 1. The van der Waals surface area contributed by atoms with Gasteiger partial charge < -0.3 is 11.1 Å². The van der Waals surface area contributed by atoms with E-state index in [4.69, 9.17) is 5.73 Å². The van der Waals surface area contributed by atoms with Crippen LogP contribution in [0.2, 0.25) is 0 Å². The Morgan fingerprint density at radius 3 is 1.90 bits per heavy atom. The maximum atomic E-state index is 12.0. The van der Waals surface area contributed by atoms with Crippen LogP contribution in [0.3, 0.4) is 0 Å². The molecule has 0 heterocycles. The minimum absolute atomic E-state index is 0.109. The first-order valence-electron chi connectivity index (χ1n) is 11.7. The summed E-state index contributed by atoms with van der Waals surface area (Å²) in [6, 6.07) is 8.24. The predicted octanol–water partition coefficient (Wildman–Crippen LogP) is 5.73. The lowest BCUT2D eigenvalue weighted by atomic mass is 9.86.